The second kappa shape index (κ2) is 4.93. The molecule has 3 aromatic rings. The third-order valence-corrected chi connectivity index (χ3v) is 3.63. The number of benzene rings is 2. The van der Waals surface area contributed by atoms with Gasteiger partial charge in [-0.3, -0.25) is 0 Å². The van der Waals surface area contributed by atoms with Crippen molar-refractivity contribution in [1.29, 1.82) is 0 Å². The van der Waals surface area contributed by atoms with Crippen molar-refractivity contribution in [2.75, 3.05) is 5.73 Å². The summed E-state index contributed by atoms with van der Waals surface area (Å²) in [6.45, 7) is 0. The van der Waals surface area contributed by atoms with Gasteiger partial charge in [0.15, 0.2) is 5.58 Å². The van der Waals surface area contributed by atoms with Gasteiger partial charge in [0.05, 0.1) is 5.75 Å². The number of anilines is 1. The number of thioether (sulfide) groups is 1. The minimum atomic E-state index is -0.235. The van der Waals surface area contributed by atoms with Gasteiger partial charge >= 0.3 is 0 Å². The molecule has 0 saturated heterocycles. The number of nitrogen functional groups attached to an aromatic ring is 1. The van der Waals surface area contributed by atoms with Crippen molar-refractivity contribution in [3.05, 3.63) is 54.2 Å². The molecule has 0 saturated carbocycles. The summed E-state index contributed by atoms with van der Waals surface area (Å²) in [7, 11) is 0. The molecule has 3 nitrogen and oxygen atoms in total. The van der Waals surface area contributed by atoms with Crippen molar-refractivity contribution >= 4 is 28.5 Å². The number of fused-ring (bicyclic) bond motifs is 1. The van der Waals surface area contributed by atoms with E-state index in [-0.39, 0.29) is 5.82 Å². The Kier molecular flexibility index (Phi) is 3.13. The van der Waals surface area contributed by atoms with E-state index < -0.39 is 0 Å². The van der Waals surface area contributed by atoms with Crippen molar-refractivity contribution in [3.63, 3.8) is 0 Å². The maximum Gasteiger partial charge on any atom is 0.205 e. The molecule has 0 aliphatic heterocycles. The van der Waals surface area contributed by atoms with Gasteiger partial charge in [-0.15, -0.1) is 11.8 Å². The Morgan fingerprint density at radius 3 is 2.74 bits per heavy atom. The molecule has 0 aliphatic carbocycles. The van der Waals surface area contributed by atoms with Crippen LogP contribution in [0.2, 0.25) is 0 Å². The van der Waals surface area contributed by atoms with E-state index in [4.69, 9.17) is 10.2 Å². The Labute approximate surface area is 113 Å². The minimum Gasteiger partial charge on any atom is -0.440 e. The van der Waals surface area contributed by atoms with Crippen LogP contribution in [0.3, 0.4) is 0 Å². The van der Waals surface area contributed by atoms with Crippen LogP contribution < -0.4 is 5.73 Å². The van der Waals surface area contributed by atoms with Crippen LogP contribution in [0, 0.1) is 5.82 Å². The Hall–Kier alpha value is -2.01. The molecule has 19 heavy (non-hydrogen) atoms. The fourth-order valence-electron chi connectivity index (χ4n) is 1.73. The second-order valence-electron chi connectivity index (χ2n) is 4.08. The van der Waals surface area contributed by atoms with Crippen molar-refractivity contribution < 1.29 is 8.81 Å². The molecule has 0 radical (unpaired) electrons. The van der Waals surface area contributed by atoms with Gasteiger partial charge in [0.1, 0.15) is 11.3 Å². The first-order chi connectivity index (χ1) is 9.20. The van der Waals surface area contributed by atoms with E-state index in [0.29, 0.717) is 17.3 Å². The molecular formula is C14H11FN2OS. The smallest absolute Gasteiger partial charge is 0.205 e. The predicted molar refractivity (Wildman–Crippen MR) is 74.4 cm³/mol. The number of aromatic nitrogens is 1. The second-order valence-corrected chi connectivity index (χ2v) is 5.13. The summed E-state index contributed by atoms with van der Waals surface area (Å²) < 4.78 is 18.4. The highest BCUT2D eigenvalue weighted by Gasteiger charge is 2.06. The van der Waals surface area contributed by atoms with Gasteiger partial charge in [-0.25, -0.2) is 9.37 Å². The fourth-order valence-corrected chi connectivity index (χ4v) is 2.47. The van der Waals surface area contributed by atoms with E-state index in [1.165, 1.54) is 12.1 Å². The number of nitrogens with zero attached hydrogens (tertiary/aromatic N) is 1. The largest absolute Gasteiger partial charge is 0.440 e. The van der Waals surface area contributed by atoms with E-state index in [9.17, 15) is 4.39 Å². The molecule has 1 aromatic heterocycles. The van der Waals surface area contributed by atoms with Crippen LogP contribution in [-0.4, -0.2) is 4.98 Å². The summed E-state index contributed by atoms with van der Waals surface area (Å²) in [5.74, 6) is 0.997. The molecule has 0 aliphatic rings. The number of hydrogen-bond acceptors (Lipinski definition) is 4. The zero-order valence-corrected chi connectivity index (χ0v) is 10.8. The van der Waals surface area contributed by atoms with Crippen molar-refractivity contribution in [1.82, 2.24) is 4.98 Å². The van der Waals surface area contributed by atoms with Gasteiger partial charge < -0.3 is 10.2 Å². The normalized spacial score (nSPS) is 11.0. The van der Waals surface area contributed by atoms with Crippen LogP contribution in [0.15, 0.2) is 51.8 Å². The zero-order chi connectivity index (χ0) is 13.2. The van der Waals surface area contributed by atoms with Crippen molar-refractivity contribution in [3.8, 4) is 0 Å². The third kappa shape index (κ3) is 2.71. The number of rotatable bonds is 3. The zero-order valence-electron chi connectivity index (χ0n) is 9.97. The van der Waals surface area contributed by atoms with Crippen molar-refractivity contribution in [2.24, 2.45) is 0 Å². The molecule has 0 fully saturated rings. The van der Waals surface area contributed by atoms with Gasteiger partial charge in [0.2, 0.25) is 5.89 Å². The average molecular weight is 274 g/mol. The summed E-state index contributed by atoms with van der Waals surface area (Å²) in [6, 6.07) is 11.7. The van der Waals surface area contributed by atoms with E-state index in [1.807, 2.05) is 6.07 Å². The Bertz CT molecular complexity index is 709. The summed E-state index contributed by atoms with van der Waals surface area (Å²) in [4.78, 5) is 5.34. The molecule has 0 amide bonds. The highest BCUT2D eigenvalue weighted by molar-refractivity contribution is 7.98. The summed E-state index contributed by atoms with van der Waals surface area (Å²) in [5, 5.41) is 0. The molecule has 0 bridgehead atoms. The lowest BCUT2D eigenvalue weighted by molar-refractivity contribution is 0.556. The molecule has 3 rings (SSSR count). The number of nitrogens with two attached hydrogens (primary N) is 1. The maximum atomic E-state index is 12.8. The lowest BCUT2D eigenvalue weighted by Gasteiger charge is -1.97. The summed E-state index contributed by atoms with van der Waals surface area (Å²) in [6.07, 6.45) is 0. The average Bonchev–Trinajstić information content (AvgIpc) is 2.80. The van der Waals surface area contributed by atoms with Crippen LogP contribution in [-0.2, 0) is 5.75 Å². The number of oxazole rings is 1. The first-order valence-corrected chi connectivity index (χ1v) is 6.72. The first-order valence-electron chi connectivity index (χ1n) is 5.74. The van der Waals surface area contributed by atoms with Gasteiger partial charge in [-0.1, -0.05) is 0 Å². The number of hydrogen-bond donors (Lipinski definition) is 1. The van der Waals surface area contributed by atoms with Gasteiger partial charge in [-0.05, 0) is 42.5 Å². The number of halogens is 1. The van der Waals surface area contributed by atoms with Gasteiger partial charge in [0.25, 0.3) is 0 Å². The Morgan fingerprint density at radius 1 is 1.16 bits per heavy atom. The molecule has 2 aromatic carbocycles. The van der Waals surface area contributed by atoms with Crippen LogP contribution in [0.4, 0.5) is 10.1 Å². The fraction of sp³-hybridized carbons (Fsp3) is 0.0714. The predicted octanol–water partition coefficient (Wildman–Crippen LogP) is 3.84. The summed E-state index contributed by atoms with van der Waals surface area (Å²) >= 11 is 1.55. The standard InChI is InChI=1S/C14H11FN2OS/c15-9-1-4-11(5-2-9)19-8-14-17-12-7-10(16)3-6-13(12)18-14/h1-7H,8,16H2. The first kappa shape index (κ1) is 12.0. The highest BCUT2D eigenvalue weighted by atomic mass is 32.2. The molecule has 2 N–H and O–H groups in total. The topological polar surface area (TPSA) is 52.0 Å². The van der Waals surface area contributed by atoms with Crippen molar-refractivity contribution in [2.45, 2.75) is 10.6 Å². The van der Waals surface area contributed by atoms with Crippen LogP contribution >= 0.6 is 11.8 Å². The third-order valence-electron chi connectivity index (χ3n) is 2.63. The Morgan fingerprint density at radius 2 is 1.95 bits per heavy atom. The molecule has 5 heteroatoms. The molecule has 0 atom stereocenters. The van der Waals surface area contributed by atoms with E-state index in [1.54, 1.807) is 36.0 Å². The lowest BCUT2D eigenvalue weighted by Crippen LogP contribution is -1.82. The SMILES string of the molecule is Nc1ccc2oc(CSc3ccc(F)cc3)nc2c1. The quantitative estimate of drug-likeness (QED) is 0.582. The van der Waals surface area contributed by atoms with Crippen LogP contribution in [0.25, 0.3) is 11.1 Å². The van der Waals surface area contributed by atoms with E-state index in [0.717, 1.165) is 16.0 Å². The van der Waals surface area contributed by atoms with Gasteiger partial charge in [-0.2, -0.15) is 0 Å². The molecule has 0 spiro atoms. The maximum absolute atomic E-state index is 12.8. The molecule has 0 unspecified atom stereocenters. The lowest BCUT2D eigenvalue weighted by atomic mass is 10.3. The van der Waals surface area contributed by atoms with Gasteiger partial charge in [0, 0.05) is 10.6 Å². The van der Waals surface area contributed by atoms with E-state index >= 15 is 0 Å². The Balaban J connectivity index is 1.76. The molecule has 1 heterocycles. The molecular weight excluding hydrogens is 263 g/mol. The monoisotopic (exact) mass is 274 g/mol. The van der Waals surface area contributed by atoms with Crippen LogP contribution in [0.1, 0.15) is 5.89 Å². The van der Waals surface area contributed by atoms with Crippen LogP contribution in [0.5, 0.6) is 0 Å². The summed E-state index contributed by atoms with van der Waals surface area (Å²) in [5.41, 5.74) is 7.84. The van der Waals surface area contributed by atoms with E-state index in [2.05, 4.69) is 4.98 Å². The highest BCUT2D eigenvalue weighted by Crippen LogP contribution is 2.25. The minimum absolute atomic E-state index is 0.235. The molecule has 96 valence electrons.